The van der Waals surface area contributed by atoms with Gasteiger partial charge in [-0.25, -0.2) is 9.97 Å². The van der Waals surface area contributed by atoms with Gasteiger partial charge in [0.25, 0.3) is 5.91 Å². The van der Waals surface area contributed by atoms with Crippen LogP contribution in [0.15, 0.2) is 24.5 Å². The van der Waals surface area contributed by atoms with Gasteiger partial charge in [-0.3, -0.25) is 9.59 Å². The van der Waals surface area contributed by atoms with Crippen LogP contribution in [-0.2, 0) is 9.53 Å². The van der Waals surface area contributed by atoms with Crippen molar-refractivity contribution in [2.75, 3.05) is 20.3 Å². The van der Waals surface area contributed by atoms with Gasteiger partial charge >= 0.3 is 0 Å². The van der Waals surface area contributed by atoms with Crippen molar-refractivity contribution in [1.29, 1.82) is 0 Å². The van der Waals surface area contributed by atoms with Crippen molar-refractivity contribution < 1.29 is 19.1 Å². The van der Waals surface area contributed by atoms with Crippen LogP contribution in [0.2, 0.25) is 0 Å². The van der Waals surface area contributed by atoms with Gasteiger partial charge in [-0.05, 0) is 69.9 Å². The first kappa shape index (κ1) is 26.2. The molecule has 2 aromatic heterocycles. The molecule has 3 atom stereocenters. The number of aromatic nitrogens is 3. The Morgan fingerprint density at radius 1 is 1.11 bits per heavy atom. The van der Waals surface area contributed by atoms with Crippen LogP contribution in [0.4, 0.5) is 0 Å². The number of nitrogens with one attached hydrogen (secondary N) is 3. The molecule has 202 valence electrons. The zero-order chi connectivity index (χ0) is 26.8. The van der Waals surface area contributed by atoms with Crippen LogP contribution in [0.5, 0.6) is 5.75 Å². The van der Waals surface area contributed by atoms with E-state index in [1.54, 1.807) is 0 Å². The van der Waals surface area contributed by atoms with Gasteiger partial charge in [0.15, 0.2) is 0 Å². The minimum absolute atomic E-state index is 0.0259. The number of methoxy groups -OCH3 is 1. The summed E-state index contributed by atoms with van der Waals surface area (Å²) in [7, 11) is 1.51. The molecule has 3 aromatic rings. The molecule has 3 N–H and O–H groups in total. The number of H-pyrrole nitrogens is 1. The van der Waals surface area contributed by atoms with E-state index < -0.39 is 0 Å². The summed E-state index contributed by atoms with van der Waals surface area (Å²) < 4.78 is 11.1. The number of ether oxygens (including phenoxy) is 2. The molecule has 2 heterocycles. The summed E-state index contributed by atoms with van der Waals surface area (Å²) in [4.78, 5) is 38.0. The maximum atomic E-state index is 13.5. The SMILES string of the molecule is COCC(=O)NC1CCC(NC(=O)c2c(C)[nH]c3c(-c4cc(C)ccc4OCC4CC4)ncnc23)CC1C. The van der Waals surface area contributed by atoms with Gasteiger partial charge in [-0.15, -0.1) is 0 Å². The third kappa shape index (κ3) is 5.67. The molecule has 0 aliphatic heterocycles. The summed E-state index contributed by atoms with van der Waals surface area (Å²) >= 11 is 0. The standard InChI is InChI=1S/C29H37N5O4/c1-16-5-10-23(38-13-19-6-7-19)21(11-16)26-28-27(31-15-30-26)25(18(3)32-28)29(36)33-20-8-9-22(17(2)12-20)34-24(35)14-37-4/h5,10-11,15,17,19-20,22,32H,6-9,12-14H2,1-4H3,(H,33,36)(H,34,35). The summed E-state index contributed by atoms with van der Waals surface area (Å²) in [5.74, 6) is 1.42. The van der Waals surface area contributed by atoms with E-state index in [-0.39, 0.29) is 36.4 Å². The number of hydrogen-bond acceptors (Lipinski definition) is 6. The van der Waals surface area contributed by atoms with Crippen molar-refractivity contribution >= 4 is 22.8 Å². The molecule has 9 heteroatoms. The average Bonchev–Trinajstić information content (AvgIpc) is 3.64. The number of aryl methyl sites for hydroxylation is 2. The Labute approximate surface area is 223 Å². The summed E-state index contributed by atoms with van der Waals surface area (Å²) in [5, 5.41) is 6.27. The molecule has 2 fully saturated rings. The summed E-state index contributed by atoms with van der Waals surface area (Å²) in [5.41, 5.74) is 5.36. The Hall–Kier alpha value is -3.46. The monoisotopic (exact) mass is 519 g/mol. The van der Waals surface area contributed by atoms with Crippen molar-refractivity contribution in [3.05, 3.63) is 41.3 Å². The Kier molecular flexibility index (Phi) is 7.65. The molecular weight excluding hydrogens is 482 g/mol. The van der Waals surface area contributed by atoms with Gasteiger partial charge in [-0.1, -0.05) is 18.6 Å². The highest BCUT2D eigenvalue weighted by Crippen LogP contribution is 2.37. The molecule has 2 saturated carbocycles. The minimum atomic E-state index is -0.146. The van der Waals surface area contributed by atoms with E-state index >= 15 is 0 Å². The Bertz CT molecular complexity index is 1330. The fourth-order valence-corrected chi connectivity index (χ4v) is 5.43. The van der Waals surface area contributed by atoms with Crippen LogP contribution in [0.1, 0.15) is 60.6 Å². The number of aromatic amines is 1. The molecule has 38 heavy (non-hydrogen) atoms. The second kappa shape index (κ2) is 11.1. The fourth-order valence-electron chi connectivity index (χ4n) is 5.43. The zero-order valence-corrected chi connectivity index (χ0v) is 22.6. The van der Waals surface area contributed by atoms with Crippen LogP contribution >= 0.6 is 0 Å². The van der Waals surface area contributed by atoms with Crippen molar-refractivity contribution in [3.8, 4) is 17.0 Å². The van der Waals surface area contributed by atoms with Gasteiger partial charge in [-0.2, -0.15) is 0 Å². The highest BCUT2D eigenvalue weighted by Gasteiger charge is 2.31. The van der Waals surface area contributed by atoms with Gasteiger partial charge in [0.2, 0.25) is 5.91 Å². The second-order valence-corrected chi connectivity index (χ2v) is 10.9. The lowest BCUT2D eigenvalue weighted by Gasteiger charge is -2.35. The first-order valence-electron chi connectivity index (χ1n) is 13.5. The van der Waals surface area contributed by atoms with Gasteiger partial charge in [0, 0.05) is 30.5 Å². The molecule has 9 nitrogen and oxygen atoms in total. The van der Waals surface area contributed by atoms with Crippen molar-refractivity contribution in [2.45, 2.75) is 65.0 Å². The quantitative estimate of drug-likeness (QED) is 0.392. The minimum Gasteiger partial charge on any atom is -0.493 e. The van der Waals surface area contributed by atoms with Crippen molar-refractivity contribution in [1.82, 2.24) is 25.6 Å². The Balaban J connectivity index is 1.35. The number of fused-ring (bicyclic) bond motifs is 1. The van der Waals surface area contributed by atoms with E-state index in [0.717, 1.165) is 53.0 Å². The molecule has 2 amide bonds. The number of nitrogens with zero attached hydrogens (tertiary/aromatic N) is 2. The normalized spacial score (nSPS) is 21.3. The summed E-state index contributed by atoms with van der Waals surface area (Å²) in [6, 6.07) is 6.23. The van der Waals surface area contributed by atoms with Gasteiger partial charge in [0.1, 0.15) is 29.9 Å². The maximum absolute atomic E-state index is 13.5. The van der Waals surface area contributed by atoms with E-state index in [1.165, 1.54) is 26.3 Å². The number of carbonyl (C=O) groups is 2. The van der Waals surface area contributed by atoms with Crippen molar-refractivity contribution in [3.63, 3.8) is 0 Å². The second-order valence-electron chi connectivity index (χ2n) is 10.9. The fraction of sp³-hybridized carbons (Fsp3) is 0.517. The van der Waals surface area contributed by atoms with E-state index in [9.17, 15) is 9.59 Å². The molecule has 3 unspecified atom stereocenters. The summed E-state index contributed by atoms with van der Waals surface area (Å²) in [6.45, 7) is 6.82. The molecular formula is C29H37N5O4. The highest BCUT2D eigenvalue weighted by molar-refractivity contribution is 6.09. The van der Waals surface area contributed by atoms with Crippen LogP contribution in [0, 0.1) is 25.7 Å². The van der Waals surface area contributed by atoms with E-state index in [4.69, 9.17) is 9.47 Å². The van der Waals surface area contributed by atoms with Gasteiger partial charge < -0.3 is 25.1 Å². The topological polar surface area (TPSA) is 118 Å². The van der Waals surface area contributed by atoms with Crippen molar-refractivity contribution in [2.24, 2.45) is 11.8 Å². The van der Waals surface area contributed by atoms with E-state index in [1.807, 2.05) is 26.0 Å². The largest absolute Gasteiger partial charge is 0.493 e. The number of carbonyl (C=O) groups excluding carboxylic acids is 2. The highest BCUT2D eigenvalue weighted by atomic mass is 16.5. The molecule has 0 saturated heterocycles. The Morgan fingerprint density at radius 2 is 1.92 bits per heavy atom. The lowest BCUT2D eigenvalue weighted by molar-refractivity contribution is -0.126. The molecule has 5 rings (SSSR count). The van der Waals surface area contributed by atoms with E-state index in [2.05, 4.69) is 38.6 Å². The number of rotatable bonds is 9. The molecule has 2 aliphatic carbocycles. The predicted octanol–water partition coefficient (Wildman–Crippen LogP) is 4.08. The smallest absolute Gasteiger partial charge is 0.255 e. The number of hydrogen-bond donors (Lipinski definition) is 3. The molecule has 0 radical (unpaired) electrons. The van der Waals surface area contributed by atoms with E-state index in [0.29, 0.717) is 23.6 Å². The lowest BCUT2D eigenvalue weighted by Crippen LogP contribution is -2.48. The average molecular weight is 520 g/mol. The third-order valence-corrected chi connectivity index (χ3v) is 7.69. The van der Waals surface area contributed by atoms with Crippen LogP contribution in [-0.4, -0.2) is 59.2 Å². The molecule has 0 spiro atoms. The summed E-state index contributed by atoms with van der Waals surface area (Å²) in [6.07, 6.45) is 6.34. The number of benzene rings is 1. The first-order valence-corrected chi connectivity index (χ1v) is 13.5. The Morgan fingerprint density at radius 3 is 2.66 bits per heavy atom. The maximum Gasteiger partial charge on any atom is 0.255 e. The van der Waals surface area contributed by atoms with Crippen LogP contribution in [0.3, 0.4) is 0 Å². The van der Waals surface area contributed by atoms with Crippen LogP contribution in [0.25, 0.3) is 22.3 Å². The number of amides is 2. The predicted molar refractivity (Wildman–Crippen MR) is 145 cm³/mol. The zero-order valence-electron chi connectivity index (χ0n) is 22.6. The molecule has 1 aromatic carbocycles. The molecule has 2 aliphatic rings. The van der Waals surface area contributed by atoms with Gasteiger partial charge in [0.05, 0.1) is 17.7 Å². The third-order valence-electron chi connectivity index (χ3n) is 7.69. The van der Waals surface area contributed by atoms with Crippen LogP contribution < -0.4 is 15.4 Å². The molecule has 0 bridgehead atoms. The lowest BCUT2D eigenvalue weighted by atomic mass is 9.82. The first-order chi connectivity index (χ1) is 18.3.